The van der Waals surface area contributed by atoms with Crippen molar-refractivity contribution < 1.29 is 14.3 Å². The summed E-state index contributed by atoms with van der Waals surface area (Å²) in [5, 5.41) is 6.94. The predicted octanol–water partition coefficient (Wildman–Crippen LogP) is 6.18. The molecule has 37 heavy (non-hydrogen) atoms. The van der Waals surface area contributed by atoms with Gasteiger partial charge in [0.05, 0.1) is 12.5 Å². The third kappa shape index (κ3) is 5.94. The van der Waals surface area contributed by atoms with E-state index in [4.69, 9.17) is 4.74 Å². The molecule has 0 aliphatic heterocycles. The lowest BCUT2D eigenvalue weighted by Crippen LogP contribution is -2.58. The van der Waals surface area contributed by atoms with Crippen LogP contribution in [0.25, 0.3) is 6.08 Å². The fourth-order valence-corrected chi connectivity index (χ4v) is 6.74. The van der Waals surface area contributed by atoms with E-state index in [9.17, 15) is 9.59 Å². The summed E-state index contributed by atoms with van der Waals surface area (Å²) in [5.74, 6) is 1.38. The van der Waals surface area contributed by atoms with Crippen LogP contribution in [0.3, 0.4) is 0 Å². The van der Waals surface area contributed by atoms with E-state index in [1.807, 2.05) is 24.3 Å². The summed E-state index contributed by atoms with van der Waals surface area (Å²) in [5.41, 5.74) is 2.49. The number of benzene rings is 1. The summed E-state index contributed by atoms with van der Waals surface area (Å²) in [7, 11) is 1.47. The highest BCUT2D eigenvalue weighted by molar-refractivity contribution is 5.95. The molecule has 2 bridgehead atoms. The summed E-state index contributed by atoms with van der Waals surface area (Å²) in [6.07, 6.45) is 11.5. The molecule has 2 N–H and O–H groups in total. The lowest BCUT2D eigenvalue weighted by atomic mass is 9.57. The summed E-state index contributed by atoms with van der Waals surface area (Å²) >= 11 is 0. The van der Waals surface area contributed by atoms with E-state index >= 15 is 0 Å². The van der Waals surface area contributed by atoms with Gasteiger partial charge >= 0.3 is 5.97 Å². The first-order chi connectivity index (χ1) is 17.5. The Labute approximate surface area is 222 Å². The minimum Gasteiger partial charge on any atom is -0.469 e. The molecular formula is C31H45N3O3. The van der Waals surface area contributed by atoms with Gasteiger partial charge in [0.1, 0.15) is 5.82 Å². The molecule has 4 aliphatic carbocycles. The van der Waals surface area contributed by atoms with Crippen molar-refractivity contribution in [3.63, 3.8) is 0 Å². The highest BCUT2D eigenvalue weighted by Gasteiger charge is 2.53. The molecule has 202 valence electrons. The quantitative estimate of drug-likeness (QED) is 0.341. The van der Waals surface area contributed by atoms with Gasteiger partial charge in [-0.2, -0.15) is 0 Å². The van der Waals surface area contributed by atoms with Crippen molar-refractivity contribution in [2.75, 3.05) is 7.11 Å². The maximum atomic E-state index is 13.3. The number of aryl methyl sites for hydroxylation is 1. The minimum atomic E-state index is -0.351. The zero-order valence-electron chi connectivity index (χ0n) is 23.4. The Bertz CT molecular complexity index is 1040. The van der Waals surface area contributed by atoms with Crippen LogP contribution in [0.4, 0.5) is 0 Å². The second-order valence-electron chi connectivity index (χ2n) is 12.8. The van der Waals surface area contributed by atoms with E-state index in [2.05, 4.69) is 50.0 Å². The van der Waals surface area contributed by atoms with Crippen LogP contribution in [-0.2, 0) is 9.53 Å². The largest absolute Gasteiger partial charge is 0.469 e. The first-order valence-corrected chi connectivity index (χ1v) is 14.0. The summed E-state index contributed by atoms with van der Waals surface area (Å²) in [4.78, 5) is 29.9. The average molecular weight is 508 g/mol. The van der Waals surface area contributed by atoms with Crippen molar-refractivity contribution in [3.05, 3.63) is 40.7 Å². The zero-order valence-corrected chi connectivity index (χ0v) is 23.4. The van der Waals surface area contributed by atoms with Gasteiger partial charge in [0, 0.05) is 17.1 Å². The summed E-state index contributed by atoms with van der Waals surface area (Å²) < 4.78 is 5.07. The van der Waals surface area contributed by atoms with Gasteiger partial charge in [-0.25, -0.2) is 4.99 Å². The van der Waals surface area contributed by atoms with Gasteiger partial charge < -0.3 is 15.4 Å². The van der Waals surface area contributed by atoms with Gasteiger partial charge in [0.15, 0.2) is 0 Å². The topological polar surface area (TPSA) is 79.8 Å². The molecule has 6 nitrogen and oxygen atoms in total. The lowest BCUT2D eigenvalue weighted by molar-refractivity contribution is -0.160. The number of fused-ring (bicyclic) bond motifs is 3. The van der Waals surface area contributed by atoms with Gasteiger partial charge in [-0.15, -0.1) is 0 Å². The fraction of sp³-hybridized carbons (Fsp3) is 0.645. The number of aliphatic imine (C=N–C) groups is 1. The molecule has 0 spiro atoms. The van der Waals surface area contributed by atoms with E-state index in [1.54, 1.807) is 0 Å². The Hall–Kier alpha value is -2.63. The van der Waals surface area contributed by atoms with Crippen LogP contribution in [0.5, 0.6) is 0 Å². The monoisotopic (exact) mass is 507 g/mol. The fourth-order valence-electron chi connectivity index (χ4n) is 6.74. The van der Waals surface area contributed by atoms with E-state index < -0.39 is 0 Å². The molecule has 1 aromatic carbocycles. The highest BCUT2D eigenvalue weighted by Crippen LogP contribution is 2.53. The second kappa shape index (κ2) is 10.6. The highest BCUT2D eigenvalue weighted by atomic mass is 16.5. The van der Waals surface area contributed by atoms with Gasteiger partial charge in [0.25, 0.3) is 5.91 Å². The predicted molar refractivity (Wildman–Crippen MR) is 149 cm³/mol. The molecule has 1 amide bonds. The standard InChI is InChI=1S/C31H45N3O3/c1-21-7-8-22(27(35)34-31-16-13-30(14-17-31,15-18-31)28(36)37-6)19-23(21)20-26(32-5)33-25-11-9-24(10-12-25)29(2,3)4/h7-8,19-20,24-25,33H,5,9-18H2,1-4,6H3,(H,34,35)/b26-20+. The lowest BCUT2D eigenvalue weighted by Gasteiger charge is -2.52. The molecule has 0 heterocycles. The van der Waals surface area contributed by atoms with Gasteiger partial charge in [-0.05, 0) is 119 Å². The van der Waals surface area contributed by atoms with Crippen LogP contribution in [-0.4, -0.2) is 37.3 Å². The van der Waals surface area contributed by atoms with Crippen molar-refractivity contribution in [1.29, 1.82) is 0 Å². The van der Waals surface area contributed by atoms with Gasteiger partial charge in [-0.3, -0.25) is 9.59 Å². The van der Waals surface area contributed by atoms with Crippen LogP contribution in [0.2, 0.25) is 0 Å². The number of hydrogen-bond donors (Lipinski definition) is 2. The smallest absolute Gasteiger partial charge is 0.311 e. The van der Waals surface area contributed by atoms with Crippen LogP contribution in [0.15, 0.2) is 29.0 Å². The van der Waals surface area contributed by atoms with E-state index in [0.29, 0.717) is 17.0 Å². The third-order valence-electron chi connectivity index (χ3n) is 9.55. The first kappa shape index (κ1) is 27.4. The number of amides is 1. The number of esters is 1. The minimum absolute atomic E-state index is 0.0521. The Morgan fingerprint density at radius 1 is 1.05 bits per heavy atom. The number of nitrogens with one attached hydrogen (secondary N) is 2. The van der Waals surface area contributed by atoms with Crippen LogP contribution < -0.4 is 10.6 Å². The molecule has 4 aliphatic rings. The SMILES string of the molecule is C=N/C(=C\c1cc(C(=O)NC23CCC(C(=O)OC)(CC2)CC3)ccc1C)NC1CCC(C(C)(C)C)CC1. The molecule has 4 fully saturated rings. The van der Waals surface area contributed by atoms with E-state index in [-0.39, 0.29) is 22.8 Å². The molecule has 1 aromatic rings. The molecule has 5 rings (SSSR count). The van der Waals surface area contributed by atoms with Gasteiger partial charge in [-0.1, -0.05) is 26.8 Å². The van der Waals surface area contributed by atoms with Crippen LogP contribution >= 0.6 is 0 Å². The number of nitrogens with zero attached hydrogens (tertiary/aromatic N) is 1. The number of carbonyl (C=O) groups excluding carboxylic acids is 2. The van der Waals surface area contributed by atoms with Crippen molar-refractivity contribution in [1.82, 2.24) is 10.6 Å². The van der Waals surface area contributed by atoms with Crippen LogP contribution in [0, 0.1) is 23.7 Å². The van der Waals surface area contributed by atoms with Crippen molar-refractivity contribution in [2.45, 2.75) is 103 Å². The van der Waals surface area contributed by atoms with E-state index in [0.717, 1.165) is 74.2 Å². The van der Waals surface area contributed by atoms with E-state index in [1.165, 1.54) is 20.0 Å². The van der Waals surface area contributed by atoms with Crippen molar-refractivity contribution in [3.8, 4) is 0 Å². The molecule has 0 aromatic heterocycles. The summed E-state index contributed by atoms with van der Waals surface area (Å²) in [6, 6.07) is 6.24. The summed E-state index contributed by atoms with van der Waals surface area (Å²) in [6.45, 7) is 12.9. The maximum Gasteiger partial charge on any atom is 0.311 e. The molecule has 4 saturated carbocycles. The molecule has 6 heteroatoms. The Kier molecular flexibility index (Phi) is 7.87. The Balaban J connectivity index is 1.41. The third-order valence-corrected chi connectivity index (χ3v) is 9.55. The first-order valence-electron chi connectivity index (χ1n) is 14.0. The average Bonchev–Trinajstić information content (AvgIpc) is 2.89. The van der Waals surface area contributed by atoms with Crippen LogP contribution in [0.1, 0.15) is 106 Å². The number of hydrogen-bond acceptors (Lipinski definition) is 5. The zero-order chi connectivity index (χ0) is 26.8. The number of ether oxygens (including phenoxy) is 1. The Morgan fingerprint density at radius 2 is 1.68 bits per heavy atom. The number of carbonyl (C=O) groups is 2. The normalized spacial score (nSPS) is 29.9. The maximum absolute atomic E-state index is 13.3. The Morgan fingerprint density at radius 3 is 2.22 bits per heavy atom. The molecule has 0 saturated heterocycles. The second-order valence-corrected chi connectivity index (χ2v) is 12.8. The molecule has 0 atom stereocenters. The van der Waals surface area contributed by atoms with Gasteiger partial charge in [0.2, 0.25) is 0 Å². The molecular weight excluding hydrogens is 462 g/mol. The molecule has 0 unspecified atom stereocenters. The van der Waals surface area contributed by atoms with Crippen molar-refractivity contribution in [2.24, 2.45) is 21.7 Å². The van der Waals surface area contributed by atoms with Crippen molar-refractivity contribution >= 4 is 24.7 Å². The molecule has 0 radical (unpaired) electrons. The number of methoxy groups -OCH3 is 1. The number of rotatable bonds is 7.